The van der Waals surface area contributed by atoms with Crippen molar-refractivity contribution in [1.29, 1.82) is 0 Å². The molecule has 4 nitrogen and oxygen atoms in total. The number of thiophene rings is 1. The van der Waals surface area contributed by atoms with Crippen LogP contribution in [0.4, 0.5) is 5.69 Å². The third kappa shape index (κ3) is 4.18. The smallest absolute Gasteiger partial charge is 0.271 e. The maximum absolute atomic E-state index is 12.3. The van der Waals surface area contributed by atoms with Crippen molar-refractivity contribution in [3.05, 3.63) is 44.8 Å². The molecule has 20 heavy (non-hydrogen) atoms. The number of rotatable bonds is 6. The van der Waals surface area contributed by atoms with Gasteiger partial charge in [0.1, 0.15) is 4.21 Å². The molecule has 1 heterocycles. The van der Waals surface area contributed by atoms with Crippen LogP contribution in [0.5, 0.6) is 0 Å². The highest BCUT2D eigenvalue weighted by atomic mass is 127. The Labute approximate surface area is 136 Å². The lowest BCUT2D eigenvalue weighted by molar-refractivity contribution is 0.603. The minimum absolute atomic E-state index is 0.337. The number of benzene rings is 1. The van der Waals surface area contributed by atoms with Gasteiger partial charge in [-0.1, -0.05) is 13.0 Å². The minimum atomic E-state index is -3.50. The summed E-state index contributed by atoms with van der Waals surface area (Å²) in [6.07, 6.45) is 0. The summed E-state index contributed by atoms with van der Waals surface area (Å²) in [6.45, 7) is 3.57. The summed E-state index contributed by atoms with van der Waals surface area (Å²) in [7, 11) is -3.50. The van der Waals surface area contributed by atoms with E-state index in [-0.39, 0.29) is 0 Å². The topological polar surface area (TPSA) is 58.2 Å². The third-order valence-electron chi connectivity index (χ3n) is 2.53. The summed E-state index contributed by atoms with van der Waals surface area (Å²) in [5, 5.41) is 3.18. The summed E-state index contributed by atoms with van der Waals surface area (Å²) in [4.78, 5) is 1.01. The Balaban J connectivity index is 2.16. The quantitative estimate of drug-likeness (QED) is 0.703. The number of hydrogen-bond donors (Lipinski definition) is 2. The van der Waals surface area contributed by atoms with Crippen LogP contribution in [0.3, 0.4) is 0 Å². The minimum Gasteiger partial charge on any atom is -0.312 e. The summed E-state index contributed by atoms with van der Waals surface area (Å²) >= 11 is 3.44. The van der Waals surface area contributed by atoms with Crippen LogP contribution in [0.15, 0.2) is 40.6 Å². The third-order valence-corrected chi connectivity index (χ3v) is 6.16. The zero-order valence-corrected chi connectivity index (χ0v) is 14.7. The molecule has 0 aliphatic rings. The molecule has 108 valence electrons. The fourth-order valence-electron chi connectivity index (χ4n) is 1.60. The molecule has 1 aromatic carbocycles. The van der Waals surface area contributed by atoms with Crippen LogP contribution in [0, 0.1) is 3.57 Å². The summed E-state index contributed by atoms with van der Waals surface area (Å²) < 4.78 is 28.5. The maximum atomic E-state index is 12.3. The van der Waals surface area contributed by atoms with E-state index in [0.717, 1.165) is 15.0 Å². The summed E-state index contributed by atoms with van der Waals surface area (Å²) in [5.74, 6) is 0. The zero-order chi connectivity index (χ0) is 14.6. The fourth-order valence-corrected chi connectivity index (χ4v) is 4.52. The first-order chi connectivity index (χ1) is 9.51. The molecule has 0 spiro atoms. The molecule has 0 radical (unpaired) electrons. The molecular weight excluding hydrogens is 407 g/mol. The van der Waals surface area contributed by atoms with Gasteiger partial charge in [-0.3, -0.25) is 4.72 Å². The van der Waals surface area contributed by atoms with Crippen molar-refractivity contribution >= 4 is 49.6 Å². The molecule has 7 heteroatoms. The highest BCUT2D eigenvalue weighted by Crippen LogP contribution is 2.24. The molecule has 0 amide bonds. The Hall–Kier alpha value is -0.640. The van der Waals surface area contributed by atoms with E-state index in [2.05, 4.69) is 32.6 Å². The Morgan fingerprint density at radius 2 is 2.05 bits per heavy atom. The number of halogens is 1. The standard InChI is InChI=1S/C13H15IN2O2S2/c1-2-15-9-12-6-7-13(19-12)20(17,18)16-11-5-3-4-10(14)8-11/h3-8,15-16H,2,9H2,1H3. The number of hydrogen-bond acceptors (Lipinski definition) is 4. The molecule has 0 fully saturated rings. The van der Waals surface area contributed by atoms with Crippen LogP contribution in [0.1, 0.15) is 11.8 Å². The maximum Gasteiger partial charge on any atom is 0.271 e. The first kappa shape index (κ1) is 15.7. The monoisotopic (exact) mass is 422 g/mol. The lowest BCUT2D eigenvalue weighted by atomic mass is 10.3. The van der Waals surface area contributed by atoms with Crippen molar-refractivity contribution in [3.8, 4) is 0 Å². The van der Waals surface area contributed by atoms with Crippen LogP contribution in [0.2, 0.25) is 0 Å². The first-order valence-corrected chi connectivity index (χ1v) is 9.47. The molecule has 0 bridgehead atoms. The average molecular weight is 422 g/mol. The molecule has 2 N–H and O–H groups in total. The van der Waals surface area contributed by atoms with Crippen LogP contribution in [-0.2, 0) is 16.6 Å². The van der Waals surface area contributed by atoms with Crippen LogP contribution in [-0.4, -0.2) is 15.0 Å². The second-order valence-electron chi connectivity index (χ2n) is 4.12. The van der Waals surface area contributed by atoms with E-state index in [1.165, 1.54) is 11.3 Å². The largest absolute Gasteiger partial charge is 0.312 e. The van der Waals surface area contributed by atoms with Gasteiger partial charge in [-0.2, -0.15) is 0 Å². The van der Waals surface area contributed by atoms with E-state index >= 15 is 0 Å². The Bertz CT molecular complexity index is 683. The van der Waals surface area contributed by atoms with Crippen molar-refractivity contribution in [2.45, 2.75) is 17.7 Å². The van der Waals surface area contributed by atoms with Gasteiger partial charge in [0.15, 0.2) is 0 Å². The van der Waals surface area contributed by atoms with Gasteiger partial charge in [-0.25, -0.2) is 8.42 Å². The zero-order valence-electron chi connectivity index (χ0n) is 10.9. The van der Waals surface area contributed by atoms with Crippen LogP contribution < -0.4 is 10.0 Å². The lowest BCUT2D eigenvalue weighted by Gasteiger charge is -2.06. The second kappa shape index (κ2) is 6.88. The SMILES string of the molecule is CCNCc1ccc(S(=O)(=O)Nc2cccc(I)c2)s1. The van der Waals surface area contributed by atoms with Gasteiger partial charge in [0.2, 0.25) is 0 Å². The molecule has 0 aliphatic carbocycles. The molecule has 0 saturated carbocycles. The molecule has 2 aromatic rings. The number of nitrogens with one attached hydrogen (secondary N) is 2. The van der Waals surface area contributed by atoms with Gasteiger partial charge in [-0.15, -0.1) is 11.3 Å². The van der Waals surface area contributed by atoms with Gasteiger partial charge in [0, 0.05) is 20.7 Å². The van der Waals surface area contributed by atoms with E-state index in [4.69, 9.17) is 0 Å². The number of sulfonamides is 1. The first-order valence-electron chi connectivity index (χ1n) is 6.09. The average Bonchev–Trinajstić information content (AvgIpc) is 2.85. The molecule has 0 atom stereocenters. The van der Waals surface area contributed by atoms with Crippen molar-refractivity contribution in [3.63, 3.8) is 0 Å². The summed E-state index contributed by atoms with van der Waals surface area (Å²) in [6, 6.07) is 10.8. The van der Waals surface area contributed by atoms with Crippen LogP contribution in [0.25, 0.3) is 0 Å². The Kier molecular flexibility index (Phi) is 5.42. The molecule has 0 saturated heterocycles. The van der Waals surface area contributed by atoms with Gasteiger partial charge in [0.05, 0.1) is 0 Å². The fraction of sp³-hybridized carbons (Fsp3) is 0.231. The van der Waals surface area contributed by atoms with Crippen molar-refractivity contribution in [2.24, 2.45) is 0 Å². The van der Waals surface area contributed by atoms with Crippen LogP contribution >= 0.6 is 33.9 Å². The van der Waals surface area contributed by atoms with Crippen molar-refractivity contribution in [2.75, 3.05) is 11.3 Å². The molecule has 0 unspecified atom stereocenters. The van der Waals surface area contributed by atoms with E-state index < -0.39 is 10.0 Å². The highest BCUT2D eigenvalue weighted by Gasteiger charge is 2.16. The second-order valence-corrected chi connectivity index (χ2v) is 8.44. The van der Waals surface area contributed by atoms with Crippen molar-refractivity contribution in [1.82, 2.24) is 5.32 Å². The van der Waals surface area contributed by atoms with E-state index in [9.17, 15) is 8.42 Å². The van der Waals surface area contributed by atoms with Crippen molar-refractivity contribution < 1.29 is 8.42 Å². The van der Waals surface area contributed by atoms with E-state index in [1.807, 2.05) is 25.1 Å². The normalized spacial score (nSPS) is 11.5. The highest BCUT2D eigenvalue weighted by molar-refractivity contribution is 14.1. The predicted molar refractivity (Wildman–Crippen MR) is 91.7 cm³/mol. The van der Waals surface area contributed by atoms with Gasteiger partial charge in [-0.05, 0) is 59.5 Å². The van der Waals surface area contributed by atoms with Gasteiger partial charge in [0.25, 0.3) is 10.0 Å². The van der Waals surface area contributed by atoms with Gasteiger partial charge >= 0.3 is 0 Å². The Morgan fingerprint density at radius 1 is 1.25 bits per heavy atom. The number of anilines is 1. The Morgan fingerprint density at radius 3 is 2.75 bits per heavy atom. The predicted octanol–water partition coefficient (Wildman–Crippen LogP) is 3.26. The van der Waals surface area contributed by atoms with Gasteiger partial charge < -0.3 is 5.32 Å². The molecular formula is C13H15IN2O2S2. The molecule has 2 rings (SSSR count). The van der Waals surface area contributed by atoms with E-state index in [0.29, 0.717) is 16.4 Å². The van der Waals surface area contributed by atoms with E-state index in [1.54, 1.807) is 18.2 Å². The summed E-state index contributed by atoms with van der Waals surface area (Å²) in [5.41, 5.74) is 0.582. The lowest BCUT2D eigenvalue weighted by Crippen LogP contribution is -2.11. The molecule has 0 aliphatic heterocycles. The molecule has 1 aromatic heterocycles.